The summed E-state index contributed by atoms with van der Waals surface area (Å²) in [6, 6.07) is 1.72. The van der Waals surface area contributed by atoms with Crippen LogP contribution >= 0.6 is 11.6 Å². The predicted octanol–water partition coefficient (Wildman–Crippen LogP) is 1.88. The third-order valence-corrected chi connectivity index (χ3v) is 1.91. The van der Waals surface area contributed by atoms with Crippen molar-refractivity contribution < 1.29 is 4.79 Å². The number of carbonyl (C=O) groups is 1. The summed E-state index contributed by atoms with van der Waals surface area (Å²) in [7, 11) is 0. The van der Waals surface area contributed by atoms with Gasteiger partial charge in [0.1, 0.15) is 0 Å². The lowest BCUT2D eigenvalue weighted by molar-refractivity contribution is -0.118. The Labute approximate surface area is 87.8 Å². The summed E-state index contributed by atoms with van der Waals surface area (Å²) >= 11 is 5.89. The molecule has 3 nitrogen and oxygen atoms in total. The maximum atomic E-state index is 10.5. The number of halogens is 1. The Kier molecular flexibility index (Phi) is 4.13. The molecule has 0 spiro atoms. The topological polar surface area (TPSA) is 42.0 Å². The number of pyridine rings is 1. The molecule has 1 rings (SSSR count). The Morgan fingerprint density at radius 3 is 3.14 bits per heavy atom. The van der Waals surface area contributed by atoms with E-state index in [0.717, 1.165) is 5.56 Å². The van der Waals surface area contributed by atoms with Crippen molar-refractivity contribution in [1.29, 1.82) is 0 Å². The van der Waals surface area contributed by atoms with Gasteiger partial charge in [0.2, 0.25) is 5.91 Å². The molecule has 0 aliphatic heterocycles. The number of carbonyl (C=O) groups excluding carboxylic acids is 1. The Bertz CT molecular complexity index is 350. The molecule has 14 heavy (non-hydrogen) atoms. The summed E-state index contributed by atoms with van der Waals surface area (Å²) in [6.45, 7) is 1.98. The highest BCUT2D eigenvalue weighted by molar-refractivity contribution is 6.32. The molecular weight excluding hydrogens is 200 g/mol. The zero-order valence-electron chi connectivity index (χ0n) is 7.83. The third kappa shape index (κ3) is 3.58. The SMILES string of the molecule is CC(=O)NCC=Cc1cnccc1Cl. The van der Waals surface area contributed by atoms with Crippen LogP contribution in [0.2, 0.25) is 5.02 Å². The van der Waals surface area contributed by atoms with Crippen molar-refractivity contribution in [1.82, 2.24) is 10.3 Å². The molecule has 0 fully saturated rings. The van der Waals surface area contributed by atoms with Gasteiger partial charge in [-0.3, -0.25) is 9.78 Å². The van der Waals surface area contributed by atoms with E-state index in [9.17, 15) is 4.79 Å². The highest BCUT2D eigenvalue weighted by Crippen LogP contribution is 2.14. The maximum Gasteiger partial charge on any atom is 0.217 e. The summed E-state index contributed by atoms with van der Waals surface area (Å²) in [5.41, 5.74) is 0.847. The van der Waals surface area contributed by atoms with E-state index in [4.69, 9.17) is 11.6 Å². The monoisotopic (exact) mass is 210 g/mol. The van der Waals surface area contributed by atoms with Gasteiger partial charge >= 0.3 is 0 Å². The van der Waals surface area contributed by atoms with Crippen molar-refractivity contribution in [2.45, 2.75) is 6.92 Å². The highest BCUT2D eigenvalue weighted by Gasteiger charge is 1.93. The van der Waals surface area contributed by atoms with Gasteiger partial charge < -0.3 is 5.32 Å². The number of hydrogen-bond donors (Lipinski definition) is 1. The molecule has 0 aliphatic carbocycles. The van der Waals surface area contributed by atoms with Crippen LogP contribution in [0, 0.1) is 0 Å². The second-order valence-electron chi connectivity index (χ2n) is 2.74. The molecule has 0 aromatic carbocycles. The normalized spacial score (nSPS) is 10.4. The van der Waals surface area contributed by atoms with Crippen LogP contribution in [0.15, 0.2) is 24.5 Å². The largest absolute Gasteiger partial charge is 0.353 e. The van der Waals surface area contributed by atoms with E-state index in [1.54, 1.807) is 18.5 Å². The number of nitrogens with one attached hydrogen (secondary N) is 1. The molecule has 1 amide bonds. The zero-order valence-corrected chi connectivity index (χ0v) is 8.58. The van der Waals surface area contributed by atoms with E-state index in [1.807, 2.05) is 12.2 Å². The van der Waals surface area contributed by atoms with Crippen LogP contribution in [0.4, 0.5) is 0 Å². The van der Waals surface area contributed by atoms with Gasteiger partial charge in [0, 0.05) is 31.4 Å². The molecule has 0 unspecified atom stereocenters. The summed E-state index contributed by atoms with van der Waals surface area (Å²) < 4.78 is 0. The van der Waals surface area contributed by atoms with Gasteiger partial charge in [0.25, 0.3) is 0 Å². The average molecular weight is 211 g/mol. The number of amides is 1. The van der Waals surface area contributed by atoms with Crippen LogP contribution in [0.5, 0.6) is 0 Å². The molecule has 1 N–H and O–H groups in total. The smallest absolute Gasteiger partial charge is 0.217 e. The first-order chi connectivity index (χ1) is 6.70. The van der Waals surface area contributed by atoms with Crippen molar-refractivity contribution in [3.63, 3.8) is 0 Å². The lowest BCUT2D eigenvalue weighted by atomic mass is 10.2. The number of rotatable bonds is 3. The molecule has 1 aromatic heterocycles. The molecular formula is C10H11ClN2O. The molecule has 0 radical (unpaired) electrons. The number of nitrogens with zero attached hydrogens (tertiary/aromatic N) is 1. The first kappa shape index (κ1) is 10.7. The van der Waals surface area contributed by atoms with E-state index in [1.165, 1.54) is 6.92 Å². The van der Waals surface area contributed by atoms with E-state index in [0.29, 0.717) is 11.6 Å². The van der Waals surface area contributed by atoms with Crippen LogP contribution in [-0.4, -0.2) is 17.4 Å². The van der Waals surface area contributed by atoms with E-state index in [2.05, 4.69) is 10.3 Å². The first-order valence-electron chi connectivity index (χ1n) is 4.20. The lowest BCUT2D eigenvalue weighted by Crippen LogP contribution is -2.19. The van der Waals surface area contributed by atoms with Crippen molar-refractivity contribution in [2.75, 3.05) is 6.54 Å². The fourth-order valence-corrected chi connectivity index (χ4v) is 1.07. The summed E-state index contributed by atoms with van der Waals surface area (Å²) in [5.74, 6) is -0.0491. The van der Waals surface area contributed by atoms with E-state index < -0.39 is 0 Å². The Hall–Kier alpha value is -1.35. The van der Waals surface area contributed by atoms with Crippen molar-refractivity contribution >= 4 is 23.6 Å². The summed E-state index contributed by atoms with van der Waals surface area (Å²) in [6.07, 6.45) is 6.95. The van der Waals surface area contributed by atoms with Gasteiger partial charge in [-0.2, -0.15) is 0 Å². The molecule has 0 bridgehead atoms. The minimum Gasteiger partial charge on any atom is -0.353 e. The van der Waals surface area contributed by atoms with Crippen LogP contribution in [0.3, 0.4) is 0 Å². The minimum absolute atomic E-state index is 0.0491. The van der Waals surface area contributed by atoms with Gasteiger partial charge in [-0.05, 0) is 6.07 Å². The fourth-order valence-electron chi connectivity index (χ4n) is 0.901. The Balaban J connectivity index is 2.52. The molecule has 0 aliphatic rings. The molecule has 74 valence electrons. The second-order valence-corrected chi connectivity index (χ2v) is 3.14. The molecule has 0 saturated heterocycles. The zero-order chi connectivity index (χ0) is 10.4. The molecule has 0 atom stereocenters. The van der Waals surface area contributed by atoms with Crippen LogP contribution in [0.1, 0.15) is 12.5 Å². The summed E-state index contributed by atoms with van der Waals surface area (Å²) in [5, 5.41) is 3.30. The predicted molar refractivity (Wildman–Crippen MR) is 57.0 cm³/mol. The Morgan fingerprint density at radius 2 is 2.50 bits per heavy atom. The second kappa shape index (κ2) is 5.40. The molecule has 1 heterocycles. The van der Waals surface area contributed by atoms with Crippen molar-refractivity contribution in [3.8, 4) is 0 Å². The minimum atomic E-state index is -0.0491. The third-order valence-electron chi connectivity index (χ3n) is 1.56. The van der Waals surface area contributed by atoms with Crippen LogP contribution < -0.4 is 5.32 Å². The number of aromatic nitrogens is 1. The van der Waals surface area contributed by atoms with Crippen molar-refractivity contribution in [3.05, 3.63) is 35.1 Å². The highest BCUT2D eigenvalue weighted by atomic mass is 35.5. The van der Waals surface area contributed by atoms with Crippen LogP contribution in [0.25, 0.3) is 6.08 Å². The van der Waals surface area contributed by atoms with Gasteiger partial charge in [-0.25, -0.2) is 0 Å². The fraction of sp³-hybridized carbons (Fsp3) is 0.200. The van der Waals surface area contributed by atoms with E-state index in [-0.39, 0.29) is 5.91 Å². The van der Waals surface area contributed by atoms with E-state index >= 15 is 0 Å². The molecule has 4 heteroatoms. The van der Waals surface area contributed by atoms with Crippen molar-refractivity contribution in [2.24, 2.45) is 0 Å². The Morgan fingerprint density at radius 1 is 1.71 bits per heavy atom. The molecule has 0 saturated carbocycles. The summed E-state index contributed by atoms with van der Waals surface area (Å²) in [4.78, 5) is 14.5. The van der Waals surface area contributed by atoms with Gasteiger partial charge in [0.05, 0.1) is 5.02 Å². The van der Waals surface area contributed by atoms with Gasteiger partial charge in [-0.15, -0.1) is 0 Å². The number of hydrogen-bond acceptors (Lipinski definition) is 2. The van der Waals surface area contributed by atoms with Gasteiger partial charge in [-0.1, -0.05) is 23.8 Å². The standard InChI is InChI=1S/C10H11ClN2O/c1-8(14)13-5-2-3-9-7-12-6-4-10(9)11/h2-4,6-7H,5H2,1H3,(H,13,14). The van der Waals surface area contributed by atoms with Crippen LogP contribution in [-0.2, 0) is 4.79 Å². The van der Waals surface area contributed by atoms with Gasteiger partial charge in [0.15, 0.2) is 0 Å². The maximum absolute atomic E-state index is 10.5. The lowest BCUT2D eigenvalue weighted by Gasteiger charge is -1.97. The molecule has 1 aromatic rings. The first-order valence-corrected chi connectivity index (χ1v) is 4.58. The quantitative estimate of drug-likeness (QED) is 0.828. The average Bonchev–Trinajstić information content (AvgIpc) is 2.15.